The van der Waals surface area contributed by atoms with Gasteiger partial charge in [0.2, 0.25) is 5.91 Å². The third-order valence-corrected chi connectivity index (χ3v) is 6.23. The van der Waals surface area contributed by atoms with Crippen LogP contribution in [0.2, 0.25) is 8.67 Å². The summed E-state index contributed by atoms with van der Waals surface area (Å²) in [4.78, 5) is 33.2. The first kappa shape index (κ1) is 19.1. The zero-order valence-corrected chi connectivity index (χ0v) is 17.5. The van der Waals surface area contributed by atoms with Crippen LogP contribution in [0, 0.1) is 0 Å². The molecule has 0 spiro atoms. The summed E-state index contributed by atoms with van der Waals surface area (Å²) in [5, 5.41) is 9.42. The molecule has 4 rings (SSSR count). The Bertz CT molecular complexity index is 1240. The van der Waals surface area contributed by atoms with Crippen molar-refractivity contribution in [3.05, 3.63) is 43.0 Å². The first-order chi connectivity index (χ1) is 13.4. The largest absolute Gasteiger partial charge is 0.302 e. The van der Waals surface area contributed by atoms with Crippen LogP contribution in [0.4, 0.5) is 5.13 Å². The molecule has 0 saturated carbocycles. The van der Waals surface area contributed by atoms with Crippen molar-refractivity contribution < 1.29 is 4.79 Å². The Labute approximate surface area is 176 Å². The Balaban J connectivity index is 1.42. The number of thiazole rings is 1. The normalized spacial score (nSPS) is 11.2. The van der Waals surface area contributed by atoms with Crippen molar-refractivity contribution in [1.82, 2.24) is 24.3 Å². The number of hydrogen-bond acceptors (Lipinski definition) is 7. The van der Waals surface area contributed by atoms with Crippen LogP contribution in [-0.4, -0.2) is 30.2 Å². The highest BCUT2D eigenvalue weighted by Gasteiger charge is 2.14. The number of hydrogen-bond donors (Lipinski definition) is 1. The molecule has 0 bridgehead atoms. The fraction of sp³-hybridized carbons (Fsp3) is 0.188. The van der Waals surface area contributed by atoms with Crippen LogP contribution >= 0.6 is 45.9 Å². The maximum atomic E-state index is 12.4. The molecule has 1 amide bonds. The molecule has 1 N–H and O–H groups in total. The topological polar surface area (TPSA) is 94.7 Å². The second-order valence-corrected chi connectivity index (χ2v) is 8.97. The van der Waals surface area contributed by atoms with Gasteiger partial charge in [-0.25, -0.2) is 9.97 Å². The van der Waals surface area contributed by atoms with Gasteiger partial charge in [-0.1, -0.05) is 23.2 Å². The van der Waals surface area contributed by atoms with E-state index in [1.54, 1.807) is 18.5 Å². The number of carbonyl (C=O) groups is 1. The van der Waals surface area contributed by atoms with Gasteiger partial charge in [0.25, 0.3) is 5.56 Å². The molecule has 144 valence electrons. The molecule has 0 aliphatic heterocycles. The zero-order valence-electron chi connectivity index (χ0n) is 14.3. The van der Waals surface area contributed by atoms with Crippen molar-refractivity contribution >= 4 is 67.9 Å². The van der Waals surface area contributed by atoms with Crippen LogP contribution in [-0.2, 0) is 18.4 Å². The van der Waals surface area contributed by atoms with E-state index in [2.05, 4.69) is 20.4 Å². The lowest BCUT2D eigenvalue weighted by Crippen LogP contribution is -2.23. The van der Waals surface area contributed by atoms with E-state index in [1.165, 1.54) is 44.4 Å². The Morgan fingerprint density at radius 3 is 2.93 bits per heavy atom. The maximum absolute atomic E-state index is 12.4. The van der Waals surface area contributed by atoms with Crippen LogP contribution in [0.25, 0.3) is 22.3 Å². The zero-order chi connectivity index (χ0) is 19.8. The van der Waals surface area contributed by atoms with Gasteiger partial charge in [0.1, 0.15) is 9.72 Å². The number of amides is 1. The number of anilines is 1. The molecule has 8 nitrogen and oxygen atoms in total. The fourth-order valence-corrected chi connectivity index (χ4v) is 4.81. The molecule has 4 aromatic rings. The number of aromatic nitrogens is 5. The quantitative estimate of drug-likeness (QED) is 0.496. The Morgan fingerprint density at radius 1 is 1.36 bits per heavy atom. The molecule has 0 aliphatic carbocycles. The minimum atomic E-state index is -0.256. The monoisotopic (exact) mass is 454 g/mol. The summed E-state index contributed by atoms with van der Waals surface area (Å²) in [6, 6.07) is 1.74. The van der Waals surface area contributed by atoms with Crippen LogP contribution < -0.4 is 10.9 Å². The summed E-state index contributed by atoms with van der Waals surface area (Å²) in [6.07, 6.45) is 3.00. The highest BCUT2D eigenvalue weighted by molar-refractivity contribution is 7.20. The Hall–Kier alpha value is -2.27. The minimum absolute atomic E-state index is 0.104. The van der Waals surface area contributed by atoms with Gasteiger partial charge in [0.15, 0.2) is 10.8 Å². The predicted octanol–water partition coefficient (Wildman–Crippen LogP) is 3.65. The van der Waals surface area contributed by atoms with Gasteiger partial charge >= 0.3 is 0 Å². The van der Waals surface area contributed by atoms with Gasteiger partial charge in [-0.2, -0.15) is 5.10 Å². The van der Waals surface area contributed by atoms with Gasteiger partial charge in [-0.3, -0.25) is 18.8 Å². The summed E-state index contributed by atoms with van der Waals surface area (Å²) in [5.41, 5.74) is 1.66. The standard InChI is InChI=1S/C16H12Cl2N6O2S2/c1-23-14-9(5-20-23)15(26)24(7-19-14)3-2-12(25)22-16-21-10(6-27-16)8-4-11(17)28-13(8)18/h4-7H,2-3H2,1H3,(H,21,22,25). The molecule has 28 heavy (non-hydrogen) atoms. The van der Waals surface area contributed by atoms with Crippen LogP contribution in [0.3, 0.4) is 0 Å². The number of thiophene rings is 1. The van der Waals surface area contributed by atoms with E-state index < -0.39 is 0 Å². The third kappa shape index (κ3) is 3.68. The molecule has 0 fully saturated rings. The number of rotatable bonds is 5. The minimum Gasteiger partial charge on any atom is -0.302 e. The number of nitrogens with zero attached hydrogens (tertiary/aromatic N) is 5. The Morgan fingerprint density at radius 2 is 2.18 bits per heavy atom. The molecule has 0 aliphatic rings. The third-order valence-electron chi connectivity index (χ3n) is 3.98. The molecule has 4 heterocycles. The van der Waals surface area contributed by atoms with Gasteiger partial charge in [0, 0.05) is 31.0 Å². The first-order valence-electron chi connectivity index (χ1n) is 8.00. The molecule has 0 atom stereocenters. The van der Waals surface area contributed by atoms with Crippen molar-refractivity contribution in [3.63, 3.8) is 0 Å². The molecular weight excluding hydrogens is 443 g/mol. The molecule has 0 saturated heterocycles. The summed E-state index contributed by atoms with van der Waals surface area (Å²) < 4.78 is 4.04. The van der Waals surface area contributed by atoms with E-state index >= 15 is 0 Å². The van der Waals surface area contributed by atoms with E-state index in [0.29, 0.717) is 30.5 Å². The molecule has 0 radical (unpaired) electrons. The van der Waals surface area contributed by atoms with Gasteiger partial charge < -0.3 is 5.32 Å². The Kier molecular flexibility index (Phi) is 5.19. The number of carbonyl (C=O) groups excluding carboxylic acids is 1. The van der Waals surface area contributed by atoms with Crippen molar-refractivity contribution in [2.75, 3.05) is 5.32 Å². The SMILES string of the molecule is Cn1ncc2c(=O)n(CCC(=O)Nc3nc(-c4cc(Cl)sc4Cl)cs3)cnc21. The van der Waals surface area contributed by atoms with E-state index in [-0.39, 0.29) is 24.4 Å². The van der Waals surface area contributed by atoms with Crippen molar-refractivity contribution in [2.24, 2.45) is 7.05 Å². The van der Waals surface area contributed by atoms with Gasteiger partial charge in [-0.15, -0.1) is 22.7 Å². The van der Waals surface area contributed by atoms with Gasteiger partial charge in [0.05, 0.1) is 22.6 Å². The lowest BCUT2D eigenvalue weighted by Gasteiger charge is -2.05. The van der Waals surface area contributed by atoms with E-state index in [4.69, 9.17) is 23.2 Å². The number of fused-ring (bicyclic) bond motifs is 1. The number of halogens is 2. The average Bonchev–Trinajstić information content (AvgIpc) is 3.34. The number of nitrogens with one attached hydrogen (secondary N) is 1. The summed E-state index contributed by atoms with van der Waals surface area (Å²) in [6.45, 7) is 0.201. The van der Waals surface area contributed by atoms with Crippen molar-refractivity contribution in [3.8, 4) is 11.3 Å². The first-order valence-corrected chi connectivity index (χ1v) is 10.5. The summed E-state index contributed by atoms with van der Waals surface area (Å²) in [7, 11) is 1.71. The second kappa shape index (κ2) is 7.63. The summed E-state index contributed by atoms with van der Waals surface area (Å²) >= 11 is 14.6. The molecular formula is C16H12Cl2N6O2S2. The second-order valence-electron chi connectivity index (χ2n) is 5.82. The van der Waals surface area contributed by atoms with E-state index in [0.717, 1.165) is 5.56 Å². The number of aryl methyl sites for hydroxylation is 2. The highest BCUT2D eigenvalue weighted by Crippen LogP contribution is 2.38. The molecule has 4 aromatic heterocycles. The molecule has 0 unspecified atom stereocenters. The van der Waals surface area contributed by atoms with Crippen molar-refractivity contribution in [2.45, 2.75) is 13.0 Å². The van der Waals surface area contributed by atoms with Crippen molar-refractivity contribution in [1.29, 1.82) is 0 Å². The highest BCUT2D eigenvalue weighted by atomic mass is 35.5. The van der Waals surface area contributed by atoms with Crippen LogP contribution in [0.15, 0.2) is 28.8 Å². The average molecular weight is 455 g/mol. The molecule has 12 heteroatoms. The van der Waals surface area contributed by atoms with Gasteiger partial charge in [-0.05, 0) is 6.07 Å². The van der Waals surface area contributed by atoms with E-state index in [1.807, 2.05) is 0 Å². The predicted molar refractivity (Wildman–Crippen MR) is 111 cm³/mol. The lowest BCUT2D eigenvalue weighted by molar-refractivity contribution is -0.116. The van der Waals surface area contributed by atoms with E-state index in [9.17, 15) is 9.59 Å². The summed E-state index contributed by atoms with van der Waals surface area (Å²) in [5.74, 6) is -0.256. The van der Waals surface area contributed by atoms with Crippen LogP contribution in [0.1, 0.15) is 6.42 Å². The fourth-order valence-electron chi connectivity index (χ4n) is 2.60. The smallest absolute Gasteiger partial charge is 0.264 e. The molecule has 0 aromatic carbocycles. The maximum Gasteiger partial charge on any atom is 0.264 e. The lowest BCUT2D eigenvalue weighted by atomic mass is 10.3. The van der Waals surface area contributed by atoms with Crippen LogP contribution in [0.5, 0.6) is 0 Å².